The first kappa shape index (κ1) is 34.6. The predicted molar refractivity (Wildman–Crippen MR) is 165 cm³/mol. The minimum absolute atomic E-state index is 0.0595. The molecule has 2 N–H and O–H groups in total. The third-order valence-corrected chi connectivity index (χ3v) is 7.97. The number of carbonyl (C=O) groups excluding carboxylic acids is 2. The highest BCUT2D eigenvalue weighted by Gasteiger charge is 2.35. The van der Waals surface area contributed by atoms with E-state index in [-0.39, 0.29) is 42.5 Å². The summed E-state index contributed by atoms with van der Waals surface area (Å²) in [6.45, 7) is 11.1. The maximum Gasteiger partial charge on any atom is 0.256 e. The van der Waals surface area contributed by atoms with Crippen LogP contribution in [0.1, 0.15) is 80.2 Å². The number of amides is 2. The number of benzene rings is 2. The molecular formula is C34H49FN2O6. The quantitative estimate of drug-likeness (QED) is 0.518. The first-order valence-electron chi connectivity index (χ1n) is 15.3. The summed E-state index contributed by atoms with van der Waals surface area (Å²) >= 11 is 0. The van der Waals surface area contributed by atoms with E-state index in [0.29, 0.717) is 38.0 Å². The summed E-state index contributed by atoms with van der Waals surface area (Å²) in [6.07, 6.45) is -1.71. The summed E-state index contributed by atoms with van der Waals surface area (Å²) in [6, 6.07) is 13.0. The summed E-state index contributed by atoms with van der Waals surface area (Å²) < 4.78 is 26.0. The van der Waals surface area contributed by atoms with Gasteiger partial charge in [0.05, 0.1) is 12.2 Å². The summed E-state index contributed by atoms with van der Waals surface area (Å²) in [7, 11) is 1.39. The van der Waals surface area contributed by atoms with Crippen molar-refractivity contribution in [1.29, 1.82) is 0 Å². The van der Waals surface area contributed by atoms with E-state index in [1.807, 2.05) is 29.2 Å². The molecule has 0 bridgehead atoms. The van der Waals surface area contributed by atoms with Gasteiger partial charge in [0, 0.05) is 45.0 Å². The van der Waals surface area contributed by atoms with Crippen LogP contribution in [-0.2, 0) is 14.9 Å². The van der Waals surface area contributed by atoms with Gasteiger partial charge in [-0.05, 0) is 60.4 Å². The van der Waals surface area contributed by atoms with Crippen molar-refractivity contribution in [3.63, 3.8) is 0 Å². The Morgan fingerprint density at radius 2 is 1.70 bits per heavy atom. The molecule has 0 saturated carbocycles. The van der Waals surface area contributed by atoms with Gasteiger partial charge in [0.25, 0.3) is 11.8 Å². The minimum Gasteiger partial charge on any atom is -0.388 e. The number of nitrogens with zero attached hydrogens (tertiary/aromatic N) is 2. The number of halogens is 1. The number of ether oxygens (including phenoxy) is 2. The molecule has 1 aliphatic heterocycles. The molecule has 43 heavy (non-hydrogen) atoms. The number of rotatable bonds is 5. The third-order valence-electron chi connectivity index (χ3n) is 7.97. The van der Waals surface area contributed by atoms with Crippen LogP contribution in [0.4, 0.5) is 4.39 Å². The van der Waals surface area contributed by atoms with Gasteiger partial charge in [-0.1, -0.05) is 58.9 Å². The van der Waals surface area contributed by atoms with E-state index >= 15 is 0 Å². The largest absolute Gasteiger partial charge is 0.388 e. The van der Waals surface area contributed by atoms with Gasteiger partial charge in [-0.25, -0.2) is 4.39 Å². The Kier molecular flexibility index (Phi) is 12.7. The number of hydrogen-bond donors (Lipinski definition) is 2. The zero-order valence-electron chi connectivity index (χ0n) is 26.5. The van der Waals surface area contributed by atoms with Crippen LogP contribution in [0.5, 0.6) is 0 Å². The lowest BCUT2D eigenvalue weighted by atomic mass is 9.86. The second-order valence-corrected chi connectivity index (χ2v) is 12.9. The lowest BCUT2D eigenvalue weighted by Crippen LogP contribution is -2.54. The van der Waals surface area contributed by atoms with Gasteiger partial charge < -0.3 is 29.5 Å². The number of hydrogen-bond acceptors (Lipinski definition) is 6. The maximum atomic E-state index is 14.9. The Balaban J connectivity index is 2.06. The van der Waals surface area contributed by atoms with E-state index in [4.69, 9.17) is 9.47 Å². The van der Waals surface area contributed by atoms with E-state index in [1.54, 1.807) is 6.07 Å². The van der Waals surface area contributed by atoms with Gasteiger partial charge in [0.15, 0.2) is 0 Å². The van der Waals surface area contributed by atoms with Crippen molar-refractivity contribution in [3.8, 4) is 0 Å². The highest BCUT2D eigenvalue weighted by molar-refractivity contribution is 5.95. The molecule has 2 aromatic rings. The fourth-order valence-electron chi connectivity index (χ4n) is 5.45. The lowest BCUT2D eigenvalue weighted by molar-refractivity contribution is -0.105. The molecule has 0 radical (unpaired) electrons. The molecule has 1 heterocycles. The van der Waals surface area contributed by atoms with E-state index in [0.717, 1.165) is 5.56 Å². The van der Waals surface area contributed by atoms with E-state index in [9.17, 15) is 24.2 Å². The SMILES string of the molecule is CO[C@@H]1CN(C(=O)c2ccccc2F)C[C@@H](CC(C)C)N(C(=O)c2ccc(C(C)(C)C)cc2)CCCCOC[C@@H](O)[C@H]1O. The number of aliphatic hydroxyl groups excluding tert-OH is 2. The van der Waals surface area contributed by atoms with Crippen LogP contribution in [0.25, 0.3) is 0 Å². The van der Waals surface area contributed by atoms with Crippen molar-refractivity contribution < 1.29 is 33.7 Å². The van der Waals surface area contributed by atoms with Crippen LogP contribution in [-0.4, -0.2) is 96.1 Å². The molecule has 4 atom stereocenters. The second-order valence-electron chi connectivity index (χ2n) is 12.9. The van der Waals surface area contributed by atoms with Gasteiger partial charge in [0.1, 0.15) is 24.1 Å². The summed E-state index contributed by atoms with van der Waals surface area (Å²) in [5, 5.41) is 21.5. The molecule has 0 aliphatic carbocycles. The Morgan fingerprint density at radius 1 is 1.02 bits per heavy atom. The second kappa shape index (κ2) is 15.7. The van der Waals surface area contributed by atoms with Crippen molar-refractivity contribution in [2.45, 2.75) is 83.6 Å². The Bertz CT molecular complexity index is 1180. The molecule has 238 valence electrons. The highest BCUT2D eigenvalue weighted by atomic mass is 19.1. The van der Waals surface area contributed by atoms with Crippen molar-refractivity contribution in [2.24, 2.45) is 5.92 Å². The van der Waals surface area contributed by atoms with Crippen LogP contribution >= 0.6 is 0 Å². The molecule has 2 amide bonds. The molecule has 0 spiro atoms. The monoisotopic (exact) mass is 600 g/mol. The lowest BCUT2D eigenvalue weighted by Gasteiger charge is -2.39. The third kappa shape index (κ3) is 9.57. The number of methoxy groups -OCH3 is 1. The fraction of sp³-hybridized carbons (Fsp3) is 0.588. The minimum atomic E-state index is -1.36. The van der Waals surface area contributed by atoms with Crippen molar-refractivity contribution in [3.05, 3.63) is 71.0 Å². The number of carbonyl (C=O) groups is 2. The predicted octanol–water partition coefficient (Wildman–Crippen LogP) is 4.67. The molecule has 9 heteroatoms. The van der Waals surface area contributed by atoms with Crippen molar-refractivity contribution in [1.82, 2.24) is 9.80 Å². The maximum absolute atomic E-state index is 14.9. The first-order valence-corrected chi connectivity index (χ1v) is 15.3. The standard InChI is InChI=1S/C34H49FN2O6/c1-23(2)19-26-20-36(33(41)27-11-7-8-12-28(27)35)21-30(42-6)31(39)29(38)22-43-18-10-9-17-37(26)32(40)24-13-15-25(16-14-24)34(3,4)5/h7-8,11-16,23,26,29-31,38-39H,9-10,17-22H2,1-6H3/t26-,29-,30-,31-/m1/s1. The highest BCUT2D eigenvalue weighted by Crippen LogP contribution is 2.25. The molecule has 2 aromatic carbocycles. The van der Waals surface area contributed by atoms with Gasteiger partial charge in [-0.3, -0.25) is 9.59 Å². The molecule has 0 unspecified atom stereocenters. The zero-order valence-corrected chi connectivity index (χ0v) is 26.5. The van der Waals surface area contributed by atoms with Crippen LogP contribution in [0.3, 0.4) is 0 Å². The summed E-state index contributed by atoms with van der Waals surface area (Å²) in [5.41, 5.74) is 1.50. The average molecular weight is 601 g/mol. The Hall–Kier alpha value is -2.85. The summed E-state index contributed by atoms with van der Waals surface area (Å²) in [5.74, 6) is -1.21. The summed E-state index contributed by atoms with van der Waals surface area (Å²) in [4.78, 5) is 31.3. The smallest absolute Gasteiger partial charge is 0.256 e. The van der Waals surface area contributed by atoms with E-state index in [1.165, 1.54) is 30.2 Å². The van der Waals surface area contributed by atoms with Crippen LogP contribution in [0, 0.1) is 11.7 Å². The number of aliphatic hydroxyl groups is 2. The molecule has 1 aliphatic rings. The van der Waals surface area contributed by atoms with Gasteiger partial charge in [0.2, 0.25) is 0 Å². The Labute approximate surface area is 255 Å². The zero-order chi connectivity index (χ0) is 31.7. The first-order chi connectivity index (χ1) is 20.3. The fourth-order valence-corrected chi connectivity index (χ4v) is 5.45. The van der Waals surface area contributed by atoms with Crippen LogP contribution in [0.15, 0.2) is 48.5 Å². The molecule has 1 saturated heterocycles. The van der Waals surface area contributed by atoms with Gasteiger partial charge in [-0.15, -0.1) is 0 Å². The molecule has 0 aromatic heterocycles. The van der Waals surface area contributed by atoms with Crippen LogP contribution < -0.4 is 0 Å². The molecular weight excluding hydrogens is 551 g/mol. The van der Waals surface area contributed by atoms with E-state index < -0.39 is 36.1 Å². The topological polar surface area (TPSA) is 99.5 Å². The van der Waals surface area contributed by atoms with Crippen molar-refractivity contribution >= 4 is 11.8 Å². The van der Waals surface area contributed by atoms with Gasteiger partial charge in [-0.2, -0.15) is 0 Å². The van der Waals surface area contributed by atoms with Crippen molar-refractivity contribution in [2.75, 3.05) is 40.0 Å². The molecule has 1 fully saturated rings. The van der Waals surface area contributed by atoms with E-state index in [2.05, 4.69) is 34.6 Å². The average Bonchev–Trinajstić information content (AvgIpc) is 2.96. The molecule has 3 rings (SSSR count). The molecule has 8 nitrogen and oxygen atoms in total. The normalized spacial score (nSPS) is 23.2. The van der Waals surface area contributed by atoms with Gasteiger partial charge >= 0.3 is 0 Å². The van der Waals surface area contributed by atoms with Crippen LogP contribution in [0.2, 0.25) is 0 Å². The Morgan fingerprint density at radius 3 is 2.30 bits per heavy atom.